The Morgan fingerprint density at radius 3 is 1.29 bits per heavy atom. The Morgan fingerprint density at radius 1 is 0.447 bits per heavy atom. The van der Waals surface area contributed by atoms with Gasteiger partial charge in [-0.15, -0.1) is 0 Å². The van der Waals surface area contributed by atoms with Crippen LogP contribution in [0.5, 0.6) is 0 Å². The van der Waals surface area contributed by atoms with Crippen molar-refractivity contribution in [2.75, 3.05) is 0 Å². The SMILES string of the molecule is O=C=Nc1cccc(Sc2cccc(N=C=O)c2)c1.O=C=Nc1ccccc1Sc1ccccc1N=C=O. The first-order chi connectivity index (χ1) is 18.7. The molecular formula is C28H16N4O4S2. The van der Waals surface area contributed by atoms with Crippen LogP contribution in [0.4, 0.5) is 22.7 Å². The molecule has 4 rings (SSSR count). The summed E-state index contributed by atoms with van der Waals surface area (Å²) in [7, 11) is 0. The standard InChI is InChI=1S/2C14H8N2O2S/c17-9-15-11-3-1-5-13(7-11)19-14-6-2-4-12(8-14)16-10-18;17-9-15-11-5-1-3-7-13(11)19-14-8-4-2-6-12(14)16-10-18/h2*1-8H. The molecule has 0 radical (unpaired) electrons. The highest BCUT2D eigenvalue weighted by atomic mass is 32.2. The van der Waals surface area contributed by atoms with E-state index in [1.54, 1.807) is 48.5 Å². The van der Waals surface area contributed by atoms with Gasteiger partial charge in [0.1, 0.15) is 0 Å². The fourth-order valence-corrected chi connectivity index (χ4v) is 4.85. The Bertz CT molecular complexity index is 1500. The summed E-state index contributed by atoms with van der Waals surface area (Å²) >= 11 is 2.86. The van der Waals surface area contributed by atoms with Crippen LogP contribution in [-0.4, -0.2) is 24.3 Å². The van der Waals surface area contributed by atoms with E-state index in [4.69, 9.17) is 0 Å². The van der Waals surface area contributed by atoms with Crippen LogP contribution in [-0.2, 0) is 19.2 Å². The van der Waals surface area contributed by atoms with Crippen molar-refractivity contribution in [1.82, 2.24) is 0 Å². The molecule has 0 atom stereocenters. The number of para-hydroxylation sites is 2. The minimum atomic E-state index is 0.535. The Labute approximate surface area is 226 Å². The second kappa shape index (κ2) is 15.3. The number of hydrogen-bond donors (Lipinski definition) is 0. The molecule has 0 bridgehead atoms. The van der Waals surface area contributed by atoms with Gasteiger partial charge in [0.2, 0.25) is 24.3 Å². The van der Waals surface area contributed by atoms with Gasteiger partial charge < -0.3 is 0 Å². The van der Waals surface area contributed by atoms with Gasteiger partial charge in [0.15, 0.2) is 0 Å². The first-order valence-electron chi connectivity index (χ1n) is 10.7. The van der Waals surface area contributed by atoms with Crippen LogP contribution in [0, 0.1) is 0 Å². The summed E-state index contributed by atoms with van der Waals surface area (Å²) in [5.74, 6) is 0. The quantitative estimate of drug-likeness (QED) is 0.169. The van der Waals surface area contributed by atoms with Crippen molar-refractivity contribution in [1.29, 1.82) is 0 Å². The second-order valence-electron chi connectivity index (χ2n) is 6.95. The van der Waals surface area contributed by atoms with E-state index in [2.05, 4.69) is 20.0 Å². The maximum Gasteiger partial charge on any atom is 0.240 e. The summed E-state index contributed by atoms with van der Waals surface area (Å²) in [4.78, 5) is 59.1. The van der Waals surface area contributed by atoms with Crippen LogP contribution in [0.25, 0.3) is 0 Å². The topological polar surface area (TPSA) is 118 Å². The molecule has 0 saturated heterocycles. The molecule has 4 aromatic carbocycles. The Hall–Kier alpha value is -4.90. The average molecular weight is 537 g/mol. The maximum atomic E-state index is 10.4. The van der Waals surface area contributed by atoms with Crippen LogP contribution in [0.15, 0.2) is 137 Å². The number of carbonyl (C=O) groups excluding carboxylic acids is 4. The highest BCUT2D eigenvalue weighted by molar-refractivity contribution is 7.99. The average Bonchev–Trinajstić information content (AvgIpc) is 2.92. The molecule has 0 aromatic heterocycles. The van der Waals surface area contributed by atoms with Gasteiger partial charge in [-0.05, 0) is 60.7 Å². The molecule has 0 aliphatic rings. The molecule has 0 amide bonds. The van der Waals surface area contributed by atoms with E-state index in [1.807, 2.05) is 48.5 Å². The molecule has 0 aliphatic heterocycles. The zero-order valence-corrected chi connectivity index (χ0v) is 21.1. The van der Waals surface area contributed by atoms with Crippen LogP contribution in [0.2, 0.25) is 0 Å². The minimum absolute atomic E-state index is 0.535. The van der Waals surface area contributed by atoms with Crippen molar-refractivity contribution >= 4 is 70.6 Å². The van der Waals surface area contributed by atoms with Crippen molar-refractivity contribution in [2.24, 2.45) is 20.0 Å². The number of aliphatic imine (C=N–C) groups is 4. The van der Waals surface area contributed by atoms with Gasteiger partial charge in [0, 0.05) is 19.6 Å². The van der Waals surface area contributed by atoms with E-state index in [9.17, 15) is 19.2 Å². The molecule has 0 heterocycles. The fraction of sp³-hybridized carbons (Fsp3) is 0. The summed E-state index contributed by atoms with van der Waals surface area (Å²) < 4.78 is 0. The zero-order chi connectivity index (χ0) is 27.0. The summed E-state index contributed by atoms with van der Waals surface area (Å²) in [6.07, 6.45) is 6.07. The lowest BCUT2D eigenvalue weighted by molar-refractivity contribution is 0.564. The summed E-state index contributed by atoms with van der Waals surface area (Å²) in [5, 5.41) is 0. The fourth-order valence-electron chi connectivity index (χ4n) is 2.96. The van der Waals surface area contributed by atoms with Gasteiger partial charge in [-0.2, -0.15) is 20.0 Å². The normalized spacial score (nSPS) is 9.26. The molecule has 10 heteroatoms. The smallest absolute Gasteiger partial charge is 0.211 e. The van der Waals surface area contributed by atoms with Gasteiger partial charge in [-0.25, -0.2) is 19.2 Å². The number of isocyanates is 4. The highest BCUT2D eigenvalue weighted by Gasteiger charge is 2.07. The molecular weight excluding hydrogens is 520 g/mol. The van der Waals surface area contributed by atoms with Crippen molar-refractivity contribution in [2.45, 2.75) is 19.6 Å². The summed E-state index contributed by atoms with van der Waals surface area (Å²) in [6, 6.07) is 28.8. The molecule has 8 nitrogen and oxygen atoms in total. The third kappa shape index (κ3) is 8.64. The Balaban J connectivity index is 0.000000211. The van der Waals surface area contributed by atoms with Gasteiger partial charge in [0.25, 0.3) is 0 Å². The van der Waals surface area contributed by atoms with E-state index >= 15 is 0 Å². The molecule has 0 fully saturated rings. The molecule has 0 N–H and O–H groups in total. The lowest BCUT2D eigenvalue weighted by atomic mass is 10.3. The van der Waals surface area contributed by atoms with E-state index < -0.39 is 0 Å². The first-order valence-corrected chi connectivity index (χ1v) is 12.4. The van der Waals surface area contributed by atoms with Crippen LogP contribution < -0.4 is 0 Å². The first kappa shape index (κ1) is 27.7. The van der Waals surface area contributed by atoms with Gasteiger partial charge in [0.05, 0.1) is 22.7 Å². The number of rotatable bonds is 8. The van der Waals surface area contributed by atoms with Crippen LogP contribution in [0.3, 0.4) is 0 Å². The molecule has 0 unspecified atom stereocenters. The van der Waals surface area contributed by atoms with Crippen molar-refractivity contribution in [3.63, 3.8) is 0 Å². The minimum Gasteiger partial charge on any atom is -0.211 e. The van der Waals surface area contributed by atoms with E-state index in [0.717, 1.165) is 19.6 Å². The maximum absolute atomic E-state index is 10.4. The Kier molecular flexibility index (Phi) is 11.1. The summed E-state index contributed by atoms with van der Waals surface area (Å²) in [5.41, 5.74) is 2.18. The second-order valence-corrected chi connectivity index (χ2v) is 9.18. The molecule has 0 saturated carbocycles. The van der Waals surface area contributed by atoms with Crippen molar-refractivity contribution in [3.8, 4) is 0 Å². The number of nitrogens with zero attached hydrogens (tertiary/aromatic N) is 4. The zero-order valence-electron chi connectivity index (χ0n) is 19.5. The largest absolute Gasteiger partial charge is 0.240 e. The van der Waals surface area contributed by atoms with Crippen molar-refractivity contribution < 1.29 is 19.2 Å². The molecule has 4 aromatic rings. The highest BCUT2D eigenvalue weighted by Crippen LogP contribution is 2.39. The number of hydrogen-bond acceptors (Lipinski definition) is 10. The molecule has 0 aliphatic carbocycles. The number of benzene rings is 4. The Morgan fingerprint density at radius 2 is 0.868 bits per heavy atom. The van der Waals surface area contributed by atoms with Gasteiger partial charge >= 0.3 is 0 Å². The van der Waals surface area contributed by atoms with Crippen LogP contribution in [0.1, 0.15) is 0 Å². The molecule has 38 heavy (non-hydrogen) atoms. The van der Waals surface area contributed by atoms with Crippen molar-refractivity contribution in [3.05, 3.63) is 97.1 Å². The van der Waals surface area contributed by atoms with E-state index in [1.165, 1.54) is 47.8 Å². The molecule has 184 valence electrons. The van der Waals surface area contributed by atoms with E-state index in [-0.39, 0.29) is 0 Å². The summed E-state index contributed by atoms with van der Waals surface area (Å²) in [6.45, 7) is 0. The predicted molar refractivity (Wildman–Crippen MR) is 145 cm³/mol. The monoisotopic (exact) mass is 536 g/mol. The van der Waals surface area contributed by atoms with Gasteiger partial charge in [-0.1, -0.05) is 59.9 Å². The van der Waals surface area contributed by atoms with Gasteiger partial charge in [-0.3, -0.25) is 0 Å². The lowest BCUT2D eigenvalue weighted by Crippen LogP contribution is -1.76. The van der Waals surface area contributed by atoms with Crippen LogP contribution >= 0.6 is 23.5 Å². The van der Waals surface area contributed by atoms with E-state index in [0.29, 0.717) is 22.7 Å². The third-order valence-electron chi connectivity index (χ3n) is 4.50. The lowest BCUT2D eigenvalue weighted by Gasteiger charge is -2.05. The molecule has 0 spiro atoms. The predicted octanol–water partition coefficient (Wildman–Crippen LogP) is 7.54. The third-order valence-corrected chi connectivity index (χ3v) is 6.61.